The van der Waals surface area contributed by atoms with Crippen molar-refractivity contribution in [1.29, 1.82) is 0 Å². The summed E-state index contributed by atoms with van der Waals surface area (Å²) in [5, 5.41) is 0.466. The Labute approximate surface area is 281 Å². The normalized spacial score (nSPS) is 14.4. The molecule has 0 fully saturated rings. The quantitative estimate of drug-likeness (QED) is 0.180. The van der Waals surface area contributed by atoms with Crippen molar-refractivity contribution in [3.63, 3.8) is 0 Å². The van der Waals surface area contributed by atoms with E-state index >= 15 is 0 Å². The monoisotopic (exact) mass is 674 g/mol. The van der Waals surface area contributed by atoms with Crippen LogP contribution in [0.1, 0.15) is 67.7 Å². The molecule has 4 aromatic rings. The third-order valence-corrected chi connectivity index (χ3v) is 8.43. The summed E-state index contributed by atoms with van der Waals surface area (Å²) < 4.78 is 24.7. The van der Waals surface area contributed by atoms with Gasteiger partial charge < -0.3 is 18.9 Å². The minimum absolute atomic E-state index is 0.139. The first-order valence-corrected chi connectivity index (χ1v) is 16.4. The Balaban J connectivity index is 1.57. The van der Waals surface area contributed by atoms with Gasteiger partial charge in [-0.1, -0.05) is 53.3 Å². The molecule has 0 N–H and O–H groups in total. The Morgan fingerprint density at radius 2 is 1.68 bits per heavy atom. The molecule has 1 atom stereocenters. The molecule has 0 unspecified atom stereocenters. The van der Waals surface area contributed by atoms with Gasteiger partial charge in [-0.3, -0.25) is 9.36 Å². The highest BCUT2D eigenvalue weighted by Gasteiger charge is 2.35. The molecule has 47 heavy (non-hydrogen) atoms. The lowest BCUT2D eigenvalue weighted by Crippen LogP contribution is -2.40. The van der Waals surface area contributed by atoms with Gasteiger partial charge in [0, 0.05) is 16.1 Å². The molecule has 0 radical (unpaired) electrons. The number of para-hydroxylation sites is 1. The first-order valence-electron chi connectivity index (χ1n) is 15.2. The number of benzene rings is 3. The number of hydrogen-bond acceptors (Lipinski definition) is 9. The molecule has 3 aromatic carbocycles. The number of halogens is 1. The minimum Gasteiger partial charge on any atom is -0.491 e. The van der Waals surface area contributed by atoms with Crippen LogP contribution in [0.5, 0.6) is 11.5 Å². The lowest BCUT2D eigenvalue weighted by atomic mass is 9.95. The van der Waals surface area contributed by atoms with E-state index in [0.717, 1.165) is 5.56 Å². The highest BCUT2D eigenvalue weighted by Crippen LogP contribution is 2.36. The average Bonchev–Trinajstić information content (AvgIpc) is 3.34. The molecule has 0 bridgehead atoms. The van der Waals surface area contributed by atoms with E-state index in [0.29, 0.717) is 54.8 Å². The summed E-state index contributed by atoms with van der Waals surface area (Å²) in [4.78, 5) is 44.7. The molecule has 0 spiro atoms. The molecule has 0 saturated heterocycles. The van der Waals surface area contributed by atoms with Gasteiger partial charge in [0.25, 0.3) is 5.56 Å². The van der Waals surface area contributed by atoms with Crippen LogP contribution in [-0.2, 0) is 20.9 Å². The van der Waals surface area contributed by atoms with Crippen molar-refractivity contribution in [1.82, 2.24) is 4.57 Å². The maximum atomic E-state index is 14.2. The molecule has 11 heteroatoms. The molecule has 0 amide bonds. The Hall–Kier alpha value is -4.67. The summed E-state index contributed by atoms with van der Waals surface area (Å²) in [6.07, 6.45) is 1.58. The zero-order valence-corrected chi connectivity index (χ0v) is 28.3. The number of aromatic nitrogens is 1. The topological polar surface area (TPSA) is 105 Å². The summed E-state index contributed by atoms with van der Waals surface area (Å²) in [5.74, 6) is 0.127. The number of ether oxygens (including phenoxy) is 4. The molecule has 1 aliphatic heterocycles. The van der Waals surface area contributed by atoms with E-state index in [4.69, 9.17) is 30.5 Å². The fourth-order valence-electron chi connectivity index (χ4n) is 5.17. The molecule has 0 aliphatic carbocycles. The van der Waals surface area contributed by atoms with Crippen molar-refractivity contribution in [3.05, 3.63) is 125 Å². The largest absolute Gasteiger partial charge is 0.491 e. The molecule has 244 valence electrons. The molecule has 1 aliphatic rings. The molecule has 1 aromatic heterocycles. The second-order valence-electron chi connectivity index (χ2n) is 10.9. The number of carbonyl (C=O) groups excluding carboxylic acids is 2. The van der Waals surface area contributed by atoms with E-state index in [2.05, 4.69) is 4.99 Å². The standard InChI is InChI=1S/C36H35ClN2O7S/c1-6-43-34(41)24-14-12-23(13-15-24)20-45-28-17-16-26(37)18-25(28)19-30-33(40)39-32(27-10-8-9-11-29(27)46-21(3)4)31(35(42)44-7-2)22(5)38-36(39)47-30/h8-19,21,32H,6-7,20H2,1-5H3/b30-19-/t32-/m0/s1. The van der Waals surface area contributed by atoms with E-state index in [1.807, 2.05) is 38.1 Å². The second kappa shape index (κ2) is 14.8. The molecule has 2 heterocycles. The predicted molar refractivity (Wildman–Crippen MR) is 181 cm³/mol. The van der Waals surface area contributed by atoms with Gasteiger partial charge in [0.2, 0.25) is 0 Å². The van der Waals surface area contributed by atoms with Gasteiger partial charge >= 0.3 is 11.9 Å². The number of carbonyl (C=O) groups is 2. The van der Waals surface area contributed by atoms with E-state index in [1.54, 1.807) is 69.3 Å². The van der Waals surface area contributed by atoms with E-state index < -0.39 is 12.0 Å². The molecule has 9 nitrogen and oxygen atoms in total. The van der Waals surface area contributed by atoms with Gasteiger partial charge in [-0.05, 0) is 82.7 Å². The highest BCUT2D eigenvalue weighted by molar-refractivity contribution is 7.07. The number of thiazole rings is 1. The van der Waals surface area contributed by atoms with Gasteiger partial charge in [-0.25, -0.2) is 14.6 Å². The second-order valence-corrected chi connectivity index (χ2v) is 12.3. The first kappa shape index (κ1) is 33.7. The summed E-state index contributed by atoms with van der Waals surface area (Å²) in [5.41, 5.74) is 2.92. The number of nitrogens with zero attached hydrogens (tertiary/aromatic N) is 2. The molecule has 0 saturated carbocycles. The van der Waals surface area contributed by atoms with Gasteiger partial charge in [-0.2, -0.15) is 0 Å². The van der Waals surface area contributed by atoms with Gasteiger partial charge in [-0.15, -0.1) is 0 Å². The third-order valence-electron chi connectivity index (χ3n) is 7.21. The summed E-state index contributed by atoms with van der Waals surface area (Å²) in [6.45, 7) is 9.74. The van der Waals surface area contributed by atoms with Crippen LogP contribution in [0.2, 0.25) is 5.02 Å². The van der Waals surface area contributed by atoms with Gasteiger partial charge in [0.05, 0.1) is 40.7 Å². The van der Waals surface area contributed by atoms with Crippen molar-refractivity contribution in [2.24, 2.45) is 4.99 Å². The van der Waals surface area contributed by atoms with E-state index in [9.17, 15) is 14.4 Å². The Morgan fingerprint density at radius 1 is 0.979 bits per heavy atom. The number of esters is 2. The Morgan fingerprint density at radius 3 is 2.38 bits per heavy atom. The van der Waals surface area contributed by atoms with Crippen LogP contribution in [0.15, 0.2) is 87.8 Å². The van der Waals surface area contributed by atoms with Crippen LogP contribution in [-0.4, -0.2) is 35.8 Å². The van der Waals surface area contributed by atoms with Crippen molar-refractivity contribution >= 4 is 41.0 Å². The Kier molecular flexibility index (Phi) is 10.6. The number of allylic oxidation sites excluding steroid dienone is 1. The average molecular weight is 675 g/mol. The lowest BCUT2D eigenvalue weighted by Gasteiger charge is -2.26. The van der Waals surface area contributed by atoms with Crippen molar-refractivity contribution in [3.8, 4) is 11.5 Å². The number of fused-ring (bicyclic) bond motifs is 1. The Bertz CT molecular complexity index is 2010. The van der Waals surface area contributed by atoms with Crippen molar-refractivity contribution < 1.29 is 28.5 Å². The first-order chi connectivity index (χ1) is 22.6. The van der Waals surface area contributed by atoms with E-state index in [1.165, 1.54) is 15.9 Å². The smallest absolute Gasteiger partial charge is 0.338 e. The van der Waals surface area contributed by atoms with Gasteiger partial charge in [0.15, 0.2) is 4.80 Å². The predicted octanol–water partition coefficient (Wildman–Crippen LogP) is 5.99. The maximum Gasteiger partial charge on any atom is 0.338 e. The summed E-state index contributed by atoms with van der Waals surface area (Å²) >= 11 is 7.59. The number of hydrogen-bond donors (Lipinski definition) is 0. The van der Waals surface area contributed by atoms with Crippen LogP contribution in [0.3, 0.4) is 0 Å². The third kappa shape index (κ3) is 7.50. The van der Waals surface area contributed by atoms with Crippen molar-refractivity contribution in [2.75, 3.05) is 13.2 Å². The zero-order valence-electron chi connectivity index (χ0n) is 26.7. The van der Waals surface area contributed by atoms with Crippen LogP contribution >= 0.6 is 22.9 Å². The SMILES string of the molecule is CCOC(=O)C1=C(C)N=c2s/c(=C\c3cc(Cl)ccc3OCc3ccc(C(=O)OCC)cc3)c(=O)n2[C@H]1c1ccccc1OC(C)C. The minimum atomic E-state index is -0.824. The highest BCUT2D eigenvalue weighted by atomic mass is 35.5. The molecule has 5 rings (SSSR count). The number of rotatable bonds is 11. The van der Waals surface area contributed by atoms with E-state index in [-0.39, 0.29) is 36.4 Å². The van der Waals surface area contributed by atoms with Crippen molar-refractivity contribution in [2.45, 2.75) is 53.4 Å². The van der Waals surface area contributed by atoms with Crippen LogP contribution in [0, 0.1) is 0 Å². The molecular formula is C36H35ClN2O7S. The molecular weight excluding hydrogens is 640 g/mol. The zero-order chi connectivity index (χ0) is 33.7. The summed E-state index contributed by atoms with van der Waals surface area (Å²) in [7, 11) is 0. The fraction of sp³-hybridized carbons (Fsp3) is 0.278. The van der Waals surface area contributed by atoms with Crippen LogP contribution in [0.25, 0.3) is 6.08 Å². The lowest BCUT2D eigenvalue weighted by molar-refractivity contribution is -0.139. The van der Waals surface area contributed by atoms with Gasteiger partial charge in [0.1, 0.15) is 24.1 Å². The fourth-order valence-corrected chi connectivity index (χ4v) is 6.39. The summed E-state index contributed by atoms with van der Waals surface area (Å²) in [6, 6.07) is 18.7. The maximum absolute atomic E-state index is 14.2. The van der Waals surface area contributed by atoms with Crippen LogP contribution in [0.4, 0.5) is 0 Å². The van der Waals surface area contributed by atoms with Crippen LogP contribution < -0.4 is 24.4 Å².